The van der Waals surface area contributed by atoms with Gasteiger partial charge in [-0.3, -0.25) is 9.48 Å². The van der Waals surface area contributed by atoms with Crippen molar-refractivity contribution in [2.75, 3.05) is 11.9 Å². The molecule has 5 heteroatoms. The van der Waals surface area contributed by atoms with Crippen molar-refractivity contribution < 1.29 is 9.90 Å². The molecular weight excluding hydrogens is 254 g/mol. The number of aryl methyl sites for hydroxylation is 2. The fourth-order valence-corrected chi connectivity index (χ4v) is 1.79. The van der Waals surface area contributed by atoms with Crippen LogP contribution >= 0.6 is 0 Å². The smallest absolute Gasteiger partial charge is 0.273 e. The van der Waals surface area contributed by atoms with Gasteiger partial charge in [-0.1, -0.05) is 17.9 Å². The highest BCUT2D eigenvalue weighted by Gasteiger charge is 2.11. The molecule has 0 spiro atoms. The number of nitrogens with zero attached hydrogens (tertiary/aromatic N) is 2. The Bertz CT molecular complexity index is 693. The Balaban J connectivity index is 2.31. The second kappa shape index (κ2) is 6.04. The van der Waals surface area contributed by atoms with E-state index in [1.165, 1.54) is 4.68 Å². The van der Waals surface area contributed by atoms with Gasteiger partial charge >= 0.3 is 0 Å². The standard InChI is InChI=1S/C15H15N3O2/c1-11-5-6-12(4-3-9-19)13(10-11)17-15(20)14-7-8-16-18(14)2/h5-8,10,19H,9H2,1-2H3,(H,17,20). The molecule has 0 atom stereocenters. The number of carbonyl (C=O) groups excluding carboxylic acids is 1. The lowest BCUT2D eigenvalue weighted by Crippen LogP contribution is -2.16. The maximum atomic E-state index is 12.2. The van der Waals surface area contributed by atoms with Gasteiger partial charge in [-0.2, -0.15) is 5.10 Å². The number of carbonyl (C=O) groups is 1. The Morgan fingerprint density at radius 3 is 2.90 bits per heavy atom. The first kappa shape index (κ1) is 13.8. The summed E-state index contributed by atoms with van der Waals surface area (Å²) in [4.78, 5) is 12.2. The average molecular weight is 269 g/mol. The number of aliphatic hydroxyl groups is 1. The van der Waals surface area contributed by atoms with Gasteiger partial charge in [0.15, 0.2) is 0 Å². The Labute approximate surface area is 117 Å². The lowest BCUT2D eigenvalue weighted by molar-refractivity contribution is 0.101. The summed E-state index contributed by atoms with van der Waals surface area (Å²) >= 11 is 0. The van der Waals surface area contributed by atoms with E-state index in [4.69, 9.17) is 5.11 Å². The van der Waals surface area contributed by atoms with Crippen LogP contribution in [-0.4, -0.2) is 27.4 Å². The molecule has 0 unspecified atom stereocenters. The maximum absolute atomic E-state index is 12.2. The van der Waals surface area contributed by atoms with Crippen LogP contribution in [0.15, 0.2) is 30.5 Å². The summed E-state index contributed by atoms with van der Waals surface area (Å²) in [5, 5.41) is 15.6. The monoisotopic (exact) mass is 269 g/mol. The average Bonchev–Trinajstić information content (AvgIpc) is 2.84. The summed E-state index contributed by atoms with van der Waals surface area (Å²) in [6, 6.07) is 7.21. The molecule has 0 aliphatic rings. The number of benzene rings is 1. The van der Waals surface area contributed by atoms with E-state index >= 15 is 0 Å². The molecule has 0 bridgehead atoms. The number of nitrogens with one attached hydrogen (secondary N) is 1. The third-order valence-corrected chi connectivity index (χ3v) is 2.78. The molecule has 1 aromatic carbocycles. The van der Waals surface area contributed by atoms with Gasteiger partial charge in [-0.05, 0) is 30.7 Å². The molecule has 0 aliphatic carbocycles. The fourth-order valence-electron chi connectivity index (χ4n) is 1.79. The van der Waals surface area contributed by atoms with E-state index in [0.29, 0.717) is 16.9 Å². The molecule has 1 aromatic heterocycles. The van der Waals surface area contributed by atoms with E-state index in [9.17, 15) is 4.79 Å². The van der Waals surface area contributed by atoms with Gasteiger partial charge in [0.25, 0.3) is 5.91 Å². The van der Waals surface area contributed by atoms with Gasteiger partial charge in [0.2, 0.25) is 0 Å². The number of hydrogen-bond donors (Lipinski definition) is 2. The molecule has 20 heavy (non-hydrogen) atoms. The molecule has 0 fully saturated rings. The third kappa shape index (κ3) is 3.05. The Morgan fingerprint density at radius 1 is 1.45 bits per heavy atom. The molecule has 102 valence electrons. The van der Waals surface area contributed by atoms with E-state index in [0.717, 1.165) is 5.56 Å². The normalized spacial score (nSPS) is 9.75. The van der Waals surface area contributed by atoms with Crippen molar-refractivity contribution in [3.63, 3.8) is 0 Å². The molecule has 5 nitrogen and oxygen atoms in total. The van der Waals surface area contributed by atoms with Crippen LogP contribution in [0.4, 0.5) is 5.69 Å². The van der Waals surface area contributed by atoms with E-state index in [1.807, 2.05) is 25.1 Å². The van der Waals surface area contributed by atoms with E-state index in [1.54, 1.807) is 19.3 Å². The Morgan fingerprint density at radius 2 is 2.25 bits per heavy atom. The zero-order valence-corrected chi connectivity index (χ0v) is 11.3. The summed E-state index contributed by atoms with van der Waals surface area (Å²) in [6.45, 7) is 1.71. The number of aromatic nitrogens is 2. The van der Waals surface area contributed by atoms with Gasteiger partial charge < -0.3 is 10.4 Å². The minimum absolute atomic E-state index is 0.219. The lowest BCUT2D eigenvalue weighted by Gasteiger charge is -2.08. The van der Waals surface area contributed by atoms with Crippen molar-refractivity contribution >= 4 is 11.6 Å². The van der Waals surface area contributed by atoms with Crippen LogP contribution in [0.1, 0.15) is 21.6 Å². The number of amides is 1. The van der Waals surface area contributed by atoms with Crippen molar-refractivity contribution in [2.45, 2.75) is 6.92 Å². The quantitative estimate of drug-likeness (QED) is 0.808. The summed E-state index contributed by atoms with van der Waals surface area (Å²) in [5.41, 5.74) is 2.77. The molecular formula is C15H15N3O2. The van der Waals surface area contributed by atoms with Crippen LogP contribution in [0.2, 0.25) is 0 Å². The van der Waals surface area contributed by atoms with Crippen molar-refractivity contribution in [1.82, 2.24) is 9.78 Å². The molecule has 0 saturated heterocycles. The van der Waals surface area contributed by atoms with Crippen LogP contribution in [0, 0.1) is 18.8 Å². The van der Waals surface area contributed by atoms with Crippen LogP contribution in [-0.2, 0) is 7.05 Å². The van der Waals surface area contributed by atoms with Crippen molar-refractivity contribution in [2.24, 2.45) is 7.05 Å². The van der Waals surface area contributed by atoms with Crippen LogP contribution < -0.4 is 5.32 Å². The molecule has 0 saturated carbocycles. The SMILES string of the molecule is Cc1ccc(C#CCO)c(NC(=O)c2ccnn2C)c1. The maximum Gasteiger partial charge on any atom is 0.273 e. The largest absolute Gasteiger partial charge is 0.384 e. The second-order valence-corrected chi connectivity index (χ2v) is 4.30. The van der Waals surface area contributed by atoms with Crippen LogP contribution in [0.25, 0.3) is 0 Å². The van der Waals surface area contributed by atoms with Gasteiger partial charge in [0.1, 0.15) is 12.3 Å². The lowest BCUT2D eigenvalue weighted by atomic mass is 10.1. The summed E-state index contributed by atoms with van der Waals surface area (Å²) in [6.07, 6.45) is 1.57. The van der Waals surface area contributed by atoms with Gasteiger partial charge in [-0.15, -0.1) is 0 Å². The predicted octanol–water partition coefficient (Wildman–Crippen LogP) is 1.32. The van der Waals surface area contributed by atoms with E-state index < -0.39 is 0 Å². The van der Waals surface area contributed by atoms with E-state index in [-0.39, 0.29) is 12.5 Å². The van der Waals surface area contributed by atoms with Gasteiger partial charge in [0.05, 0.1) is 5.69 Å². The Hall–Kier alpha value is -2.58. The fraction of sp³-hybridized carbons (Fsp3) is 0.200. The minimum atomic E-state index is -0.248. The van der Waals surface area contributed by atoms with Crippen molar-refractivity contribution in [3.05, 3.63) is 47.3 Å². The highest BCUT2D eigenvalue weighted by Crippen LogP contribution is 2.17. The zero-order chi connectivity index (χ0) is 14.5. The first-order chi connectivity index (χ1) is 9.61. The van der Waals surface area contributed by atoms with Gasteiger partial charge in [-0.25, -0.2) is 0 Å². The molecule has 2 aromatic rings. The first-order valence-corrected chi connectivity index (χ1v) is 6.11. The van der Waals surface area contributed by atoms with Crippen LogP contribution in [0.5, 0.6) is 0 Å². The van der Waals surface area contributed by atoms with Crippen molar-refractivity contribution in [1.29, 1.82) is 0 Å². The molecule has 0 aliphatic heterocycles. The number of aliphatic hydroxyl groups excluding tert-OH is 1. The molecule has 0 radical (unpaired) electrons. The minimum Gasteiger partial charge on any atom is -0.384 e. The van der Waals surface area contributed by atoms with Gasteiger partial charge in [0, 0.05) is 18.8 Å². The molecule has 2 N–H and O–H groups in total. The second-order valence-electron chi connectivity index (χ2n) is 4.30. The molecule has 1 amide bonds. The van der Waals surface area contributed by atoms with E-state index in [2.05, 4.69) is 22.3 Å². The first-order valence-electron chi connectivity index (χ1n) is 6.11. The highest BCUT2D eigenvalue weighted by molar-refractivity contribution is 6.03. The molecule has 2 rings (SSSR count). The Kier molecular flexibility index (Phi) is 4.18. The molecule has 1 heterocycles. The van der Waals surface area contributed by atoms with Crippen LogP contribution in [0.3, 0.4) is 0 Å². The third-order valence-electron chi connectivity index (χ3n) is 2.78. The summed E-state index contributed by atoms with van der Waals surface area (Å²) in [7, 11) is 1.71. The zero-order valence-electron chi connectivity index (χ0n) is 11.3. The van der Waals surface area contributed by atoms with Crippen molar-refractivity contribution in [3.8, 4) is 11.8 Å². The number of anilines is 1. The number of rotatable bonds is 2. The topological polar surface area (TPSA) is 67.2 Å². The predicted molar refractivity (Wildman–Crippen MR) is 76.3 cm³/mol. The summed E-state index contributed by atoms with van der Waals surface area (Å²) < 4.78 is 1.50. The number of hydrogen-bond acceptors (Lipinski definition) is 3. The highest BCUT2D eigenvalue weighted by atomic mass is 16.2. The summed E-state index contributed by atoms with van der Waals surface area (Å²) in [5.74, 6) is 5.15.